The fourth-order valence-corrected chi connectivity index (χ4v) is 2.95. The number of fused-ring (bicyclic) bond motifs is 1. The molecule has 0 atom stereocenters. The highest BCUT2D eigenvalue weighted by Gasteiger charge is 2.10. The molecule has 4 aromatic rings. The molecule has 1 N–H and O–H groups in total. The van der Waals surface area contributed by atoms with E-state index >= 15 is 0 Å². The summed E-state index contributed by atoms with van der Waals surface area (Å²) in [5.41, 5.74) is 3.83. The first-order valence-electron chi connectivity index (χ1n) is 8.47. The minimum atomic E-state index is -0.0512. The van der Waals surface area contributed by atoms with E-state index in [4.69, 9.17) is 0 Å². The van der Waals surface area contributed by atoms with Gasteiger partial charge < -0.3 is 9.88 Å². The van der Waals surface area contributed by atoms with E-state index in [2.05, 4.69) is 15.4 Å². The minimum Gasteiger partial charge on any atom is -0.349 e. The second kappa shape index (κ2) is 6.84. The molecule has 0 saturated heterocycles. The molecule has 0 aliphatic heterocycles. The molecule has 0 fully saturated rings. The second-order valence-corrected chi connectivity index (χ2v) is 6.16. The third-order valence-electron chi connectivity index (χ3n) is 4.34. The van der Waals surface area contributed by atoms with E-state index in [1.54, 1.807) is 10.9 Å². The van der Waals surface area contributed by atoms with Crippen molar-refractivity contribution in [2.45, 2.75) is 13.0 Å². The topological polar surface area (TPSA) is 64.7 Å². The van der Waals surface area contributed by atoms with Crippen LogP contribution < -0.4 is 5.32 Å². The van der Waals surface area contributed by atoms with Crippen molar-refractivity contribution < 1.29 is 4.79 Å². The first kappa shape index (κ1) is 16.1. The molecule has 0 radical (unpaired) electrons. The molecule has 2 heterocycles. The van der Waals surface area contributed by atoms with Crippen LogP contribution in [0.4, 0.5) is 0 Å². The van der Waals surface area contributed by atoms with Gasteiger partial charge in [0.25, 0.3) is 0 Å². The number of aryl methyl sites for hydroxylation is 1. The van der Waals surface area contributed by atoms with Gasteiger partial charge in [-0.25, -0.2) is 9.67 Å². The lowest BCUT2D eigenvalue weighted by Crippen LogP contribution is -2.25. The van der Waals surface area contributed by atoms with Crippen molar-refractivity contribution in [2.24, 2.45) is 7.05 Å². The minimum absolute atomic E-state index is 0.0512. The van der Waals surface area contributed by atoms with Crippen molar-refractivity contribution in [3.63, 3.8) is 0 Å². The van der Waals surface area contributed by atoms with E-state index < -0.39 is 0 Å². The van der Waals surface area contributed by atoms with Crippen molar-refractivity contribution in [2.75, 3.05) is 0 Å². The summed E-state index contributed by atoms with van der Waals surface area (Å²) in [6.45, 7) is 0.400. The average molecular weight is 345 g/mol. The Labute approximate surface area is 151 Å². The number of rotatable bonds is 5. The van der Waals surface area contributed by atoms with E-state index in [-0.39, 0.29) is 12.3 Å². The van der Waals surface area contributed by atoms with Crippen LogP contribution in [0.2, 0.25) is 0 Å². The van der Waals surface area contributed by atoms with Crippen molar-refractivity contribution >= 4 is 16.9 Å². The van der Waals surface area contributed by atoms with Crippen molar-refractivity contribution in [3.05, 3.63) is 78.4 Å². The van der Waals surface area contributed by atoms with Crippen molar-refractivity contribution in [1.29, 1.82) is 0 Å². The van der Waals surface area contributed by atoms with Gasteiger partial charge in [-0.05, 0) is 29.8 Å². The highest BCUT2D eigenvalue weighted by Crippen LogP contribution is 2.14. The van der Waals surface area contributed by atoms with Gasteiger partial charge in [0.2, 0.25) is 5.91 Å². The molecule has 0 unspecified atom stereocenters. The van der Waals surface area contributed by atoms with Crippen LogP contribution in [0.5, 0.6) is 0 Å². The third kappa shape index (κ3) is 3.21. The molecule has 2 aromatic carbocycles. The molecule has 0 bridgehead atoms. The highest BCUT2D eigenvalue weighted by atomic mass is 16.1. The predicted octanol–water partition coefficient (Wildman–Crippen LogP) is 2.62. The molecule has 0 saturated carbocycles. The van der Waals surface area contributed by atoms with Crippen LogP contribution >= 0.6 is 0 Å². The Bertz CT molecular complexity index is 1050. The fraction of sp³-hybridized carbons (Fsp3) is 0.150. The summed E-state index contributed by atoms with van der Waals surface area (Å²) < 4.78 is 3.77. The Kier molecular flexibility index (Phi) is 4.23. The van der Waals surface area contributed by atoms with Gasteiger partial charge in [-0.1, -0.05) is 30.3 Å². The lowest BCUT2D eigenvalue weighted by molar-refractivity contribution is -0.120. The summed E-state index contributed by atoms with van der Waals surface area (Å²) in [6, 6.07) is 17.8. The van der Waals surface area contributed by atoms with Gasteiger partial charge >= 0.3 is 0 Å². The molecule has 0 spiro atoms. The largest absolute Gasteiger partial charge is 0.349 e. The lowest BCUT2D eigenvalue weighted by Gasteiger charge is -2.05. The molecule has 0 aliphatic rings. The van der Waals surface area contributed by atoms with Crippen LogP contribution in [0.25, 0.3) is 16.7 Å². The van der Waals surface area contributed by atoms with Crippen molar-refractivity contribution in [1.82, 2.24) is 24.6 Å². The number of carbonyl (C=O) groups is 1. The molecule has 130 valence electrons. The van der Waals surface area contributed by atoms with Crippen LogP contribution in [0.3, 0.4) is 0 Å². The molecule has 2 aromatic heterocycles. The number of amides is 1. The first-order valence-corrected chi connectivity index (χ1v) is 8.47. The van der Waals surface area contributed by atoms with E-state index in [0.717, 1.165) is 28.1 Å². The Morgan fingerprint density at radius 2 is 1.85 bits per heavy atom. The van der Waals surface area contributed by atoms with Gasteiger partial charge in [0.1, 0.15) is 5.82 Å². The van der Waals surface area contributed by atoms with Gasteiger partial charge in [-0.3, -0.25) is 4.79 Å². The normalized spacial score (nSPS) is 11.0. The van der Waals surface area contributed by atoms with Crippen LogP contribution in [0.1, 0.15) is 11.4 Å². The zero-order valence-corrected chi connectivity index (χ0v) is 14.5. The Morgan fingerprint density at radius 3 is 2.65 bits per heavy atom. The zero-order valence-electron chi connectivity index (χ0n) is 14.5. The maximum absolute atomic E-state index is 12.3. The van der Waals surface area contributed by atoms with Crippen LogP contribution in [-0.2, 0) is 24.8 Å². The number of hydrogen-bond donors (Lipinski definition) is 1. The maximum Gasteiger partial charge on any atom is 0.224 e. The molecular formula is C20H19N5O. The van der Waals surface area contributed by atoms with E-state index in [1.165, 1.54) is 0 Å². The van der Waals surface area contributed by atoms with E-state index in [0.29, 0.717) is 6.54 Å². The van der Waals surface area contributed by atoms with E-state index in [9.17, 15) is 4.79 Å². The monoisotopic (exact) mass is 345 g/mol. The summed E-state index contributed by atoms with van der Waals surface area (Å²) in [6.07, 6.45) is 3.89. The molecule has 26 heavy (non-hydrogen) atoms. The van der Waals surface area contributed by atoms with Gasteiger partial charge in [0.15, 0.2) is 0 Å². The maximum atomic E-state index is 12.3. The SMILES string of the molecule is Cn1c(CNC(=O)Cc2cnn(-c3ccccc3)c2)nc2ccccc21. The summed E-state index contributed by atoms with van der Waals surface area (Å²) >= 11 is 0. The summed E-state index contributed by atoms with van der Waals surface area (Å²) in [7, 11) is 1.96. The van der Waals surface area contributed by atoms with Crippen LogP contribution in [-0.4, -0.2) is 25.2 Å². The number of nitrogens with one attached hydrogen (secondary N) is 1. The summed E-state index contributed by atoms with van der Waals surface area (Å²) in [4.78, 5) is 16.8. The number of aromatic nitrogens is 4. The molecule has 6 heteroatoms. The number of benzene rings is 2. The second-order valence-electron chi connectivity index (χ2n) is 6.16. The summed E-state index contributed by atoms with van der Waals surface area (Å²) in [5, 5.41) is 7.26. The molecule has 6 nitrogen and oxygen atoms in total. The molecule has 1 amide bonds. The van der Waals surface area contributed by atoms with Crippen LogP contribution in [0.15, 0.2) is 67.0 Å². The highest BCUT2D eigenvalue weighted by molar-refractivity contribution is 5.79. The van der Waals surface area contributed by atoms with Gasteiger partial charge in [0, 0.05) is 13.2 Å². The fourth-order valence-electron chi connectivity index (χ4n) is 2.95. The number of carbonyl (C=O) groups excluding carboxylic acids is 1. The Balaban J connectivity index is 1.40. The molecule has 4 rings (SSSR count). The first-order chi connectivity index (χ1) is 12.7. The number of imidazole rings is 1. The smallest absolute Gasteiger partial charge is 0.224 e. The number of nitrogens with zero attached hydrogens (tertiary/aromatic N) is 4. The predicted molar refractivity (Wildman–Crippen MR) is 99.8 cm³/mol. The van der Waals surface area contributed by atoms with Crippen molar-refractivity contribution in [3.8, 4) is 5.69 Å². The van der Waals surface area contributed by atoms with E-state index in [1.807, 2.05) is 72.4 Å². The third-order valence-corrected chi connectivity index (χ3v) is 4.34. The Hall–Kier alpha value is -3.41. The summed E-state index contributed by atoms with van der Waals surface area (Å²) in [5.74, 6) is 0.782. The van der Waals surface area contributed by atoms with Crippen LogP contribution in [0, 0.1) is 0 Å². The Morgan fingerprint density at radius 1 is 1.08 bits per heavy atom. The number of hydrogen-bond acceptors (Lipinski definition) is 3. The zero-order chi connectivity index (χ0) is 17.9. The average Bonchev–Trinajstić information content (AvgIpc) is 3.26. The molecular weight excluding hydrogens is 326 g/mol. The standard InChI is InChI=1S/C20H19N5O/c1-24-18-10-6-5-9-17(18)23-19(24)13-21-20(26)11-15-12-22-25(14-15)16-7-3-2-4-8-16/h2-10,12,14H,11,13H2,1H3,(H,21,26). The van der Waals surface area contributed by atoms with Gasteiger partial charge in [-0.15, -0.1) is 0 Å². The number of para-hydroxylation sites is 3. The molecule has 0 aliphatic carbocycles. The van der Waals surface area contributed by atoms with Gasteiger partial charge in [0.05, 0.1) is 35.9 Å². The lowest BCUT2D eigenvalue weighted by atomic mass is 10.2. The van der Waals surface area contributed by atoms with Gasteiger partial charge in [-0.2, -0.15) is 5.10 Å². The quantitative estimate of drug-likeness (QED) is 0.605.